The average molecular weight is 452 g/mol. The van der Waals surface area contributed by atoms with Crippen molar-refractivity contribution in [3.63, 3.8) is 0 Å². The van der Waals surface area contributed by atoms with Crippen molar-refractivity contribution in [2.24, 2.45) is 0 Å². The molecule has 0 fully saturated rings. The van der Waals surface area contributed by atoms with Crippen molar-refractivity contribution in [2.75, 3.05) is 6.54 Å². The van der Waals surface area contributed by atoms with E-state index < -0.39 is 36.5 Å². The third kappa shape index (κ3) is 7.54. The monoisotopic (exact) mass is 452 g/mol. The van der Waals surface area contributed by atoms with E-state index in [4.69, 9.17) is 4.74 Å². The molecule has 0 spiro atoms. The van der Waals surface area contributed by atoms with Crippen LogP contribution < -0.4 is 10.6 Å². The Morgan fingerprint density at radius 3 is 2.42 bits per heavy atom. The van der Waals surface area contributed by atoms with Crippen LogP contribution in [0.2, 0.25) is 0 Å². The average Bonchev–Trinajstić information content (AvgIpc) is 2.81. The SMILES string of the molecule is O=C(C[C@@H](O)CNC(=O)OCc1ccccc1)N[C@H](Cc1cnc2ccccc2n1)C(=O)O. The van der Waals surface area contributed by atoms with E-state index in [1.165, 1.54) is 6.20 Å². The molecule has 0 aliphatic carbocycles. The fraction of sp³-hybridized carbons (Fsp3) is 0.261. The second kappa shape index (κ2) is 11.5. The fourth-order valence-corrected chi connectivity index (χ4v) is 3.02. The fourth-order valence-electron chi connectivity index (χ4n) is 3.02. The Labute approximate surface area is 189 Å². The van der Waals surface area contributed by atoms with Gasteiger partial charge in [-0.2, -0.15) is 0 Å². The minimum absolute atomic E-state index is 0.0704. The van der Waals surface area contributed by atoms with Gasteiger partial charge < -0.3 is 25.6 Å². The normalized spacial score (nSPS) is 12.5. The Balaban J connectivity index is 1.44. The first-order chi connectivity index (χ1) is 15.9. The molecule has 1 aromatic heterocycles. The number of aromatic nitrogens is 2. The summed E-state index contributed by atoms with van der Waals surface area (Å²) in [6.07, 6.45) is -0.962. The zero-order valence-corrected chi connectivity index (χ0v) is 17.7. The van der Waals surface area contributed by atoms with Crippen molar-refractivity contribution in [3.8, 4) is 0 Å². The number of benzene rings is 2. The number of hydrogen-bond donors (Lipinski definition) is 4. The number of carboxylic acids is 1. The minimum Gasteiger partial charge on any atom is -0.480 e. The number of para-hydroxylation sites is 2. The lowest BCUT2D eigenvalue weighted by molar-refractivity contribution is -0.142. The molecule has 2 aromatic carbocycles. The molecule has 0 aliphatic rings. The largest absolute Gasteiger partial charge is 0.480 e. The Bertz CT molecular complexity index is 1110. The first-order valence-corrected chi connectivity index (χ1v) is 10.3. The van der Waals surface area contributed by atoms with Gasteiger partial charge in [-0.15, -0.1) is 0 Å². The molecule has 2 atom stereocenters. The van der Waals surface area contributed by atoms with E-state index >= 15 is 0 Å². The molecule has 1 heterocycles. The van der Waals surface area contributed by atoms with Crippen LogP contribution in [-0.4, -0.2) is 56.8 Å². The Hall–Kier alpha value is -4.05. The van der Waals surface area contributed by atoms with Crippen LogP contribution >= 0.6 is 0 Å². The zero-order chi connectivity index (χ0) is 23.6. The molecular formula is C23H24N4O6. The number of rotatable bonds is 10. The van der Waals surface area contributed by atoms with Crippen molar-refractivity contribution in [2.45, 2.75) is 31.6 Å². The van der Waals surface area contributed by atoms with E-state index in [2.05, 4.69) is 20.6 Å². The van der Waals surface area contributed by atoms with Gasteiger partial charge in [0.25, 0.3) is 0 Å². The van der Waals surface area contributed by atoms with Gasteiger partial charge in [0, 0.05) is 19.2 Å². The molecule has 0 aliphatic heterocycles. The number of fused-ring (bicyclic) bond motifs is 1. The maximum atomic E-state index is 12.2. The van der Waals surface area contributed by atoms with Crippen molar-refractivity contribution in [1.29, 1.82) is 0 Å². The van der Waals surface area contributed by atoms with Crippen molar-refractivity contribution in [3.05, 3.63) is 72.1 Å². The van der Waals surface area contributed by atoms with Gasteiger partial charge in [-0.3, -0.25) is 9.78 Å². The number of aliphatic hydroxyl groups excluding tert-OH is 1. The number of aliphatic carboxylic acids is 1. The summed E-state index contributed by atoms with van der Waals surface area (Å²) in [6.45, 7) is -0.157. The minimum atomic E-state index is -1.25. The Kier molecular flexibility index (Phi) is 8.25. The third-order valence-corrected chi connectivity index (χ3v) is 4.66. The standard InChI is InChI=1S/C23H24N4O6/c28-17(13-25-23(32)33-14-15-6-2-1-3-7-15)11-21(29)27-20(22(30)31)10-16-12-24-18-8-4-5-9-19(18)26-16/h1-9,12,17,20,28H,10-11,13-14H2,(H,25,32)(H,27,29)(H,30,31)/t17-,20-/m1/s1. The first kappa shape index (κ1) is 23.6. The highest BCUT2D eigenvalue weighted by atomic mass is 16.5. The van der Waals surface area contributed by atoms with Crippen LogP contribution in [-0.2, 0) is 27.4 Å². The number of ether oxygens (including phenoxy) is 1. The molecule has 0 unspecified atom stereocenters. The second-order valence-corrected chi connectivity index (χ2v) is 7.31. The number of alkyl carbamates (subject to hydrolysis) is 1. The molecule has 33 heavy (non-hydrogen) atoms. The van der Waals surface area contributed by atoms with Crippen LogP contribution in [0.1, 0.15) is 17.7 Å². The van der Waals surface area contributed by atoms with Crippen LogP contribution in [0.25, 0.3) is 11.0 Å². The highest BCUT2D eigenvalue weighted by Crippen LogP contribution is 2.10. The van der Waals surface area contributed by atoms with Crippen LogP contribution in [0.4, 0.5) is 4.79 Å². The molecule has 0 bridgehead atoms. The summed E-state index contributed by atoms with van der Waals surface area (Å²) in [4.78, 5) is 44.1. The molecule has 10 nitrogen and oxygen atoms in total. The molecule has 10 heteroatoms. The highest BCUT2D eigenvalue weighted by molar-refractivity contribution is 5.84. The van der Waals surface area contributed by atoms with Gasteiger partial charge in [0.15, 0.2) is 0 Å². The predicted octanol–water partition coefficient (Wildman–Crippen LogP) is 1.42. The second-order valence-electron chi connectivity index (χ2n) is 7.31. The number of carboxylic acid groups (broad SMARTS) is 1. The molecule has 4 N–H and O–H groups in total. The summed E-state index contributed by atoms with van der Waals surface area (Å²) in [5.74, 6) is -1.92. The summed E-state index contributed by atoms with van der Waals surface area (Å²) in [5.41, 5.74) is 2.51. The van der Waals surface area contributed by atoms with Crippen LogP contribution in [0.5, 0.6) is 0 Å². The van der Waals surface area contributed by atoms with E-state index in [1.54, 1.807) is 30.3 Å². The summed E-state index contributed by atoms with van der Waals surface area (Å²) in [5, 5.41) is 24.2. The molecule has 3 rings (SSSR count). The van der Waals surface area contributed by atoms with Crippen LogP contribution in [0, 0.1) is 0 Å². The number of hydrogen-bond acceptors (Lipinski definition) is 7. The third-order valence-electron chi connectivity index (χ3n) is 4.66. The van der Waals surface area contributed by atoms with Gasteiger partial charge in [-0.05, 0) is 17.7 Å². The zero-order valence-electron chi connectivity index (χ0n) is 17.7. The lowest BCUT2D eigenvalue weighted by Crippen LogP contribution is -2.44. The van der Waals surface area contributed by atoms with Gasteiger partial charge in [0.05, 0.1) is 29.3 Å². The van der Waals surface area contributed by atoms with Gasteiger partial charge in [0.2, 0.25) is 5.91 Å². The molecule has 2 amide bonds. The van der Waals surface area contributed by atoms with Crippen molar-refractivity contribution < 1.29 is 29.3 Å². The Morgan fingerprint density at radius 2 is 1.70 bits per heavy atom. The van der Waals surface area contributed by atoms with E-state index in [1.807, 2.05) is 24.3 Å². The van der Waals surface area contributed by atoms with Gasteiger partial charge in [0.1, 0.15) is 12.6 Å². The Morgan fingerprint density at radius 1 is 1.00 bits per heavy atom. The number of nitrogens with zero attached hydrogens (tertiary/aromatic N) is 2. The van der Waals surface area contributed by atoms with E-state index in [-0.39, 0.29) is 19.6 Å². The maximum Gasteiger partial charge on any atom is 0.407 e. The lowest BCUT2D eigenvalue weighted by Gasteiger charge is -2.16. The highest BCUT2D eigenvalue weighted by Gasteiger charge is 2.23. The van der Waals surface area contributed by atoms with Crippen molar-refractivity contribution in [1.82, 2.24) is 20.6 Å². The van der Waals surface area contributed by atoms with E-state index in [9.17, 15) is 24.6 Å². The molecule has 0 radical (unpaired) electrons. The number of nitrogens with one attached hydrogen (secondary N) is 2. The maximum absolute atomic E-state index is 12.2. The molecule has 0 saturated carbocycles. The van der Waals surface area contributed by atoms with Gasteiger partial charge in [-0.1, -0.05) is 42.5 Å². The number of aliphatic hydroxyl groups is 1. The van der Waals surface area contributed by atoms with Crippen molar-refractivity contribution >= 4 is 29.0 Å². The summed E-state index contributed by atoms with van der Waals surface area (Å²) in [7, 11) is 0. The van der Waals surface area contributed by atoms with Crippen LogP contribution in [0.15, 0.2) is 60.8 Å². The molecule has 0 saturated heterocycles. The molecular weight excluding hydrogens is 428 g/mol. The van der Waals surface area contributed by atoms with E-state index in [0.29, 0.717) is 16.7 Å². The summed E-state index contributed by atoms with van der Waals surface area (Å²) >= 11 is 0. The smallest absolute Gasteiger partial charge is 0.407 e. The molecule has 3 aromatic rings. The van der Waals surface area contributed by atoms with Crippen LogP contribution in [0.3, 0.4) is 0 Å². The number of carbonyl (C=O) groups is 3. The number of carbonyl (C=O) groups excluding carboxylic acids is 2. The number of amides is 2. The summed E-state index contributed by atoms with van der Waals surface area (Å²) in [6, 6.07) is 15.0. The van der Waals surface area contributed by atoms with E-state index in [0.717, 1.165) is 5.56 Å². The molecule has 172 valence electrons. The quantitative estimate of drug-likeness (QED) is 0.361. The topological polar surface area (TPSA) is 151 Å². The van der Waals surface area contributed by atoms with Gasteiger partial charge in [-0.25, -0.2) is 14.6 Å². The first-order valence-electron chi connectivity index (χ1n) is 10.3. The van der Waals surface area contributed by atoms with Gasteiger partial charge >= 0.3 is 12.1 Å². The lowest BCUT2D eigenvalue weighted by atomic mass is 10.1. The predicted molar refractivity (Wildman–Crippen MR) is 118 cm³/mol. The summed E-state index contributed by atoms with van der Waals surface area (Å²) < 4.78 is 5.02.